The Morgan fingerprint density at radius 1 is 1.21 bits per heavy atom. The number of ether oxygens (including phenoxy) is 1. The average Bonchev–Trinajstić information content (AvgIpc) is 2.41. The van der Waals surface area contributed by atoms with Gasteiger partial charge in [-0.05, 0) is 49.2 Å². The molecule has 14 heavy (non-hydrogen) atoms. The fraction of sp³-hybridized carbons (Fsp3) is 0.455. The van der Waals surface area contributed by atoms with Gasteiger partial charge in [-0.1, -0.05) is 0 Å². The maximum absolute atomic E-state index is 9.61. The molecule has 0 aromatic heterocycles. The number of hydrogen-bond acceptors (Lipinski definition) is 3. The van der Waals surface area contributed by atoms with Crippen LogP contribution >= 0.6 is 0 Å². The van der Waals surface area contributed by atoms with Crippen LogP contribution in [0.15, 0.2) is 12.1 Å². The molecule has 0 unspecified atom stereocenters. The Labute approximate surface area is 83.7 Å². The van der Waals surface area contributed by atoms with E-state index in [9.17, 15) is 5.11 Å². The Morgan fingerprint density at radius 3 is 2.50 bits per heavy atom. The lowest BCUT2D eigenvalue weighted by atomic mass is 10.0. The first-order chi connectivity index (χ1) is 6.81. The number of rotatable bonds is 1. The van der Waals surface area contributed by atoms with Crippen LogP contribution in [-0.2, 0) is 12.8 Å². The van der Waals surface area contributed by atoms with Crippen LogP contribution in [-0.4, -0.2) is 25.3 Å². The first-order valence-corrected chi connectivity index (χ1v) is 4.90. The van der Waals surface area contributed by atoms with E-state index in [2.05, 4.69) is 5.32 Å². The summed E-state index contributed by atoms with van der Waals surface area (Å²) in [5.41, 5.74) is 2.51. The highest BCUT2D eigenvalue weighted by atomic mass is 16.5. The first kappa shape index (κ1) is 9.34. The zero-order valence-corrected chi connectivity index (χ0v) is 8.34. The van der Waals surface area contributed by atoms with Gasteiger partial charge in [-0.15, -0.1) is 0 Å². The van der Waals surface area contributed by atoms with E-state index in [-0.39, 0.29) is 5.75 Å². The number of methoxy groups -OCH3 is 1. The fourth-order valence-corrected chi connectivity index (χ4v) is 1.85. The number of nitrogens with one attached hydrogen (secondary N) is 1. The monoisotopic (exact) mass is 193 g/mol. The molecule has 0 fully saturated rings. The van der Waals surface area contributed by atoms with Crippen LogP contribution < -0.4 is 10.1 Å². The van der Waals surface area contributed by atoms with Crippen LogP contribution in [0.4, 0.5) is 0 Å². The lowest BCUT2D eigenvalue weighted by Crippen LogP contribution is -2.16. The van der Waals surface area contributed by atoms with Gasteiger partial charge in [-0.25, -0.2) is 0 Å². The minimum Gasteiger partial charge on any atom is -0.504 e. The normalized spacial score (nSPS) is 15.8. The summed E-state index contributed by atoms with van der Waals surface area (Å²) in [6.45, 7) is 1.99. The molecule has 1 aliphatic rings. The standard InChI is InChI=1S/C11H15NO2/c1-14-11-7-9-3-5-12-4-2-8(9)6-10(11)13/h6-7,12-13H,2-5H2,1H3. The van der Waals surface area contributed by atoms with Crippen molar-refractivity contribution in [3.05, 3.63) is 23.3 Å². The predicted octanol–water partition coefficient (Wildman–Crippen LogP) is 1.09. The molecule has 1 heterocycles. The highest BCUT2D eigenvalue weighted by Crippen LogP contribution is 2.30. The Balaban J connectivity index is 2.41. The molecule has 0 saturated carbocycles. The van der Waals surface area contributed by atoms with Crippen LogP contribution in [0.5, 0.6) is 11.5 Å². The molecule has 0 aliphatic carbocycles. The summed E-state index contributed by atoms with van der Waals surface area (Å²) in [5, 5.41) is 12.9. The summed E-state index contributed by atoms with van der Waals surface area (Å²) < 4.78 is 5.08. The topological polar surface area (TPSA) is 41.5 Å². The largest absolute Gasteiger partial charge is 0.504 e. The van der Waals surface area contributed by atoms with Crippen molar-refractivity contribution in [2.24, 2.45) is 0 Å². The Bertz CT molecular complexity index is 336. The maximum Gasteiger partial charge on any atom is 0.160 e. The van der Waals surface area contributed by atoms with E-state index in [4.69, 9.17) is 4.74 Å². The minimum absolute atomic E-state index is 0.244. The van der Waals surface area contributed by atoms with E-state index in [0.717, 1.165) is 25.9 Å². The Hall–Kier alpha value is -1.22. The smallest absolute Gasteiger partial charge is 0.160 e. The van der Waals surface area contributed by atoms with Gasteiger partial charge in [-0.3, -0.25) is 0 Å². The second-order valence-electron chi connectivity index (χ2n) is 3.54. The highest BCUT2D eigenvalue weighted by Gasteiger charge is 2.11. The van der Waals surface area contributed by atoms with Gasteiger partial charge in [-0.2, -0.15) is 0 Å². The molecule has 3 nitrogen and oxygen atoms in total. The molecule has 0 amide bonds. The molecule has 1 aromatic carbocycles. The van der Waals surface area contributed by atoms with Crippen molar-refractivity contribution in [2.45, 2.75) is 12.8 Å². The third-order valence-electron chi connectivity index (χ3n) is 2.64. The van der Waals surface area contributed by atoms with Gasteiger partial charge >= 0.3 is 0 Å². The third-order valence-corrected chi connectivity index (χ3v) is 2.64. The van der Waals surface area contributed by atoms with Crippen molar-refractivity contribution in [1.29, 1.82) is 0 Å². The van der Waals surface area contributed by atoms with Crippen molar-refractivity contribution in [3.8, 4) is 11.5 Å². The summed E-state index contributed by atoms with van der Waals surface area (Å²) in [6.07, 6.45) is 1.98. The van der Waals surface area contributed by atoms with Crippen LogP contribution in [0.25, 0.3) is 0 Å². The van der Waals surface area contributed by atoms with Gasteiger partial charge in [0.25, 0.3) is 0 Å². The predicted molar refractivity (Wildman–Crippen MR) is 54.9 cm³/mol. The number of phenols is 1. The number of hydrogen-bond donors (Lipinski definition) is 2. The van der Waals surface area contributed by atoms with Crippen LogP contribution in [0.3, 0.4) is 0 Å². The van der Waals surface area contributed by atoms with Gasteiger partial charge in [0.05, 0.1) is 7.11 Å². The summed E-state index contributed by atoms with van der Waals surface area (Å²) in [7, 11) is 1.58. The van der Waals surface area contributed by atoms with E-state index < -0.39 is 0 Å². The second-order valence-corrected chi connectivity index (χ2v) is 3.54. The molecular formula is C11H15NO2. The highest BCUT2D eigenvalue weighted by molar-refractivity contribution is 5.47. The molecule has 0 bridgehead atoms. The summed E-state index contributed by atoms with van der Waals surface area (Å²) >= 11 is 0. The van der Waals surface area contributed by atoms with Gasteiger partial charge in [0, 0.05) is 0 Å². The lowest BCUT2D eigenvalue weighted by molar-refractivity contribution is 0.372. The van der Waals surface area contributed by atoms with Crippen molar-refractivity contribution in [1.82, 2.24) is 5.32 Å². The molecule has 0 saturated heterocycles. The van der Waals surface area contributed by atoms with Gasteiger partial charge in [0.15, 0.2) is 11.5 Å². The molecular weight excluding hydrogens is 178 g/mol. The number of phenolic OH excluding ortho intramolecular Hbond substituents is 1. The summed E-state index contributed by atoms with van der Waals surface area (Å²) in [5.74, 6) is 0.818. The number of benzene rings is 1. The first-order valence-electron chi connectivity index (χ1n) is 4.90. The van der Waals surface area contributed by atoms with Crippen LogP contribution in [0.2, 0.25) is 0 Å². The van der Waals surface area contributed by atoms with Crippen molar-refractivity contribution < 1.29 is 9.84 Å². The molecule has 0 radical (unpaired) electrons. The molecule has 2 rings (SSSR count). The zero-order chi connectivity index (χ0) is 9.97. The van der Waals surface area contributed by atoms with Crippen molar-refractivity contribution >= 4 is 0 Å². The molecule has 1 aromatic rings. The van der Waals surface area contributed by atoms with E-state index in [1.165, 1.54) is 11.1 Å². The van der Waals surface area contributed by atoms with Crippen molar-refractivity contribution in [2.75, 3.05) is 20.2 Å². The summed E-state index contributed by atoms with van der Waals surface area (Å²) in [4.78, 5) is 0. The van der Waals surface area contributed by atoms with Crippen LogP contribution in [0, 0.1) is 0 Å². The minimum atomic E-state index is 0.244. The van der Waals surface area contributed by atoms with E-state index in [1.807, 2.05) is 12.1 Å². The second kappa shape index (κ2) is 3.88. The third kappa shape index (κ3) is 1.68. The molecule has 76 valence electrons. The molecule has 0 atom stereocenters. The lowest BCUT2D eigenvalue weighted by Gasteiger charge is -2.09. The van der Waals surface area contributed by atoms with Gasteiger partial charge < -0.3 is 15.2 Å². The van der Waals surface area contributed by atoms with Gasteiger partial charge in [0.1, 0.15) is 0 Å². The van der Waals surface area contributed by atoms with Gasteiger partial charge in [0.2, 0.25) is 0 Å². The maximum atomic E-state index is 9.61. The Morgan fingerprint density at radius 2 is 1.86 bits per heavy atom. The van der Waals surface area contributed by atoms with E-state index in [0.29, 0.717) is 5.75 Å². The molecule has 2 N–H and O–H groups in total. The fourth-order valence-electron chi connectivity index (χ4n) is 1.85. The Kier molecular flexibility index (Phi) is 2.59. The number of fused-ring (bicyclic) bond motifs is 1. The quantitative estimate of drug-likeness (QED) is 0.701. The van der Waals surface area contributed by atoms with E-state index >= 15 is 0 Å². The summed E-state index contributed by atoms with van der Waals surface area (Å²) in [6, 6.07) is 3.76. The zero-order valence-electron chi connectivity index (χ0n) is 8.34. The van der Waals surface area contributed by atoms with Crippen LogP contribution in [0.1, 0.15) is 11.1 Å². The molecule has 0 spiro atoms. The average molecular weight is 193 g/mol. The molecule has 1 aliphatic heterocycles. The van der Waals surface area contributed by atoms with Crippen molar-refractivity contribution in [3.63, 3.8) is 0 Å². The SMILES string of the molecule is COc1cc2c(cc1O)CCNCC2. The van der Waals surface area contributed by atoms with E-state index in [1.54, 1.807) is 7.11 Å². The number of aromatic hydroxyl groups is 1. The molecule has 3 heteroatoms.